The smallest absolute Gasteiger partial charge is 0.352 e. The van der Waals surface area contributed by atoms with Crippen molar-refractivity contribution in [2.75, 3.05) is 24.3 Å². The van der Waals surface area contributed by atoms with Crippen LogP contribution in [-0.2, 0) is 25.8 Å². The molecule has 2 aliphatic heterocycles. The number of β-lactam (4-membered cyclic amide) rings is 1. The van der Waals surface area contributed by atoms with Gasteiger partial charge in [0.15, 0.2) is 18.9 Å². The molecule has 3 aromatic rings. The van der Waals surface area contributed by atoms with Gasteiger partial charge in [0.1, 0.15) is 24.2 Å². The molecule has 0 aliphatic carbocycles. The number of carbonyl (C=O) groups is 3. The summed E-state index contributed by atoms with van der Waals surface area (Å²) in [4.78, 5) is 47.7. The van der Waals surface area contributed by atoms with Gasteiger partial charge in [0, 0.05) is 33.9 Å². The lowest BCUT2D eigenvalue weighted by molar-refractivity contribution is -0.687. The lowest BCUT2D eigenvalue weighted by atomic mass is 10.0. The van der Waals surface area contributed by atoms with E-state index in [0.29, 0.717) is 17.0 Å². The number of hydrogen-bond acceptors (Lipinski definition) is 11. The molecule has 14 nitrogen and oxygen atoms in total. The number of fused-ring (bicyclic) bond motifs is 2. The number of nitrogens with zero attached hydrogens (tertiary/aromatic N) is 5. The zero-order valence-electron chi connectivity index (χ0n) is 19.3. The van der Waals surface area contributed by atoms with Crippen molar-refractivity contribution in [3.8, 4) is 0 Å². The van der Waals surface area contributed by atoms with Gasteiger partial charge in [-0.15, -0.1) is 11.8 Å². The highest BCUT2D eigenvalue weighted by molar-refractivity contribution is 8.00. The van der Waals surface area contributed by atoms with Crippen molar-refractivity contribution in [1.29, 1.82) is 0 Å². The van der Waals surface area contributed by atoms with Gasteiger partial charge in [-0.3, -0.25) is 14.5 Å². The SMILES string of the molecule is CON=C(C(=O)NC1C(=O)N2C(C(=O)O)=C(C[n+]3ccc4c(N)cccc4c3)CS[C@H]12)c1noc(N)n1. The predicted molar refractivity (Wildman–Crippen MR) is 130 cm³/mol. The number of aromatic nitrogens is 3. The third kappa shape index (κ3) is 4.29. The minimum Gasteiger partial charge on any atom is -0.477 e. The molecule has 6 N–H and O–H groups in total. The number of amides is 2. The van der Waals surface area contributed by atoms with Crippen LogP contribution < -0.4 is 21.4 Å². The van der Waals surface area contributed by atoms with E-state index in [-0.39, 0.29) is 29.8 Å². The molecular weight excluding hydrogens is 504 g/mol. The topological polar surface area (TPSA) is 203 Å². The van der Waals surface area contributed by atoms with Crippen LogP contribution in [0.15, 0.2) is 57.6 Å². The Labute approximate surface area is 212 Å². The van der Waals surface area contributed by atoms with Crippen molar-refractivity contribution >= 4 is 57.7 Å². The molecule has 1 fully saturated rings. The first kappa shape index (κ1) is 24.1. The summed E-state index contributed by atoms with van der Waals surface area (Å²) in [5.41, 5.74) is 12.2. The average Bonchev–Trinajstić information content (AvgIpc) is 3.31. The van der Waals surface area contributed by atoms with E-state index in [1.54, 1.807) is 0 Å². The molecule has 1 saturated heterocycles. The third-order valence-electron chi connectivity index (χ3n) is 5.87. The van der Waals surface area contributed by atoms with Crippen molar-refractivity contribution in [2.45, 2.75) is 18.0 Å². The molecule has 37 heavy (non-hydrogen) atoms. The summed E-state index contributed by atoms with van der Waals surface area (Å²) in [7, 11) is 1.22. The maximum atomic E-state index is 13.0. The Morgan fingerprint density at radius 3 is 2.89 bits per heavy atom. The molecule has 2 aliphatic rings. The van der Waals surface area contributed by atoms with Crippen LogP contribution in [0.4, 0.5) is 11.7 Å². The number of carboxylic acid groups (broad SMARTS) is 1. The molecule has 15 heteroatoms. The van der Waals surface area contributed by atoms with Crippen LogP contribution in [0.1, 0.15) is 5.82 Å². The first-order valence-corrected chi connectivity index (χ1v) is 11.9. The van der Waals surface area contributed by atoms with Gasteiger partial charge in [0.2, 0.25) is 11.5 Å². The van der Waals surface area contributed by atoms with Gasteiger partial charge in [-0.05, 0) is 12.1 Å². The fourth-order valence-corrected chi connectivity index (χ4v) is 5.57. The second-order valence-corrected chi connectivity index (χ2v) is 9.27. The van der Waals surface area contributed by atoms with Crippen LogP contribution in [0.25, 0.3) is 10.8 Å². The summed E-state index contributed by atoms with van der Waals surface area (Å²) in [5.74, 6) is -2.49. The summed E-state index contributed by atoms with van der Waals surface area (Å²) in [6.07, 6.45) is 3.68. The standard InChI is InChI=1S/C22H20N8O6S/c1-35-27-14(17-26-22(24)36-28-17)18(31)25-15-19(32)30-16(21(33)34)11(9-37-20(15)30)8-29-6-5-12-10(7-29)3-2-4-13(12)23/h2-7,15,20H,8-9,23H2,1H3,(H3-,24,25,26,28,31,33,34)/p+1/t15?,20-/m1/s1. The number of hydrogen-bond donors (Lipinski definition) is 4. The number of nitrogen functional groups attached to an aromatic ring is 2. The summed E-state index contributed by atoms with van der Waals surface area (Å²) >= 11 is 1.34. The molecule has 0 spiro atoms. The predicted octanol–water partition coefficient (Wildman–Crippen LogP) is -0.536. The maximum Gasteiger partial charge on any atom is 0.352 e. The van der Waals surface area contributed by atoms with E-state index in [2.05, 4.69) is 30.0 Å². The summed E-state index contributed by atoms with van der Waals surface area (Å²) in [5, 5.41) is 20.8. The molecule has 2 aromatic heterocycles. The first-order valence-electron chi connectivity index (χ1n) is 10.9. The number of pyridine rings is 1. The zero-order chi connectivity index (χ0) is 26.3. The number of anilines is 2. The molecule has 0 saturated carbocycles. The number of aliphatic carboxylic acids is 1. The second kappa shape index (κ2) is 9.42. The fourth-order valence-electron chi connectivity index (χ4n) is 4.24. The molecular formula is C22H21N8O6S+. The van der Waals surface area contributed by atoms with E-state index in [1.807, 2.05) is 41.2 Å². The lowest BCUT2D eigenvalue weighted by Crippen LogP contribution is -2.71. The van der Waals surface area contributed by atoms with Gasteiger partial charge in [0.25, 0.3) is 11.8 Å². The van der Waals surface area contributed by atoms with Crippen LogP contribution in [0.3, 0.4) is 0 Å². The minimum atomic E-state index is -1.23. The lowest BCUT2D eigenvalue weighted by Gasteiger charge is -2.49. The molecule has 0 bridgehead atoms. The monoisotopic (exact) mass is 525 g/mol. The molecule has 1 unspecified atom stereocenters. The quantitative estimate of drug-likeness (QED) is 0.101. The highest BCUT2D eigenvalue weighted by Gasteiger charge is 2.55. The number of carbonyl (C=O) groups excluding carboxylic acids is 2. The van der Waals surface area contributed by atoms with Gasteiger partial charge >= 0.3 is 12.0 Å². The fraction of sp³-hybridized carbons (Fsp3) is 0.227. The van der Waals surface area contributed by atoms with Crippen LogP contribution in [0, 0.1) is 0 Å². The largest absolute Gasteiger partial charge is 0.477 e. The molecule has 5 rings (SSSR count). The van der Waals surface area contributed by atoms with Crippen molar-refractivity contribution < 1.29 is 33.4 Å². The van der Waals surface area contributed by atoms with Gasteiger partial charge in [-0.1, -0.05) is 16.4 Å². The van der Waals surface area contributed by atoms with Gasteiger partial charge < -0.3 is 31.3 Å². The van der Waals surface area contributed by atoms with Crippen LogP contribution in [0.2, 0.25) is 0 Å². The maximum absolute atomic E-state index is 13.0. The first-order chi connectivity index (χ1) is 17.8. The number of thioether (sulfide) groups is 1. The highest BCUT2D eigenvalue weighted by atomic mass is 32.2. The number of oxime groups is 1. The molecule has 0 radical (unpaired) electrons. The Balaban J connectivity index is 1.36. The Kier molecular flexibility index (Phi) is 6.12. The van der Waals surface area contributed by atoms with Crippen LogP contribution in [-0.4, -0.2) is 67.9 Å². The number of nitrogens with two attached hydrogens (primary N) is 2. The van der Waals surface area contributed by atoms with Crippen molar-refractivity contribution in [1.82, 2.24) is 20.4 Å². The number of carboxylic acids is 1. The summed E-state index contributed by atoms with van der Waals surface area (Å²) < 4.78 is 6.51. The van der Waals surface area contributed by atoms with E-state index < -0.39 is 29.2 Å². The Morgan fingerprint density at radius 1 is 1.38 bits per heavy atom. The van der Waals surface area contributed by atoms with E-state index in [0.717, 1.165) is 10.8 Å². The van der Waals surface area contributed by atoms with Gasteiger partial charge in [0.05, 0.1) is 0 Å². The van der Waals surface area contributed by atoms with E-state index >= 15 is 0 Å². The number of nitrogens with one attached hydrogen (secondary N) is 1. The van der Waals surface area contributed by atoms with Gasteiger partial charge in [-0.2, -0.15) is 4.98 Å². The number of benzene rings is 1. The third-order valence-corrected chi connectivity index (χ3v) is 7.21. The summed E-state index contributed by atoms with van der Waals surface area (Å²) in [6, 6.07) is 6.15. The van der Waals surface area contributed by atoms with E-state index in [1.165, 1.54) is 23.8 Å². The van der Waals surface area contributed by atoms with Crippen LogP contribution >= 0.6 is 11.8 Å². The van der Waals surface area contributed by atoms with Gasteiger partial charge in [-0.25, -0.2) is 9.36 Å². The van der Waals surface area contributed by atoms with Crippen LogP contribution in [0.5, 0.6) is 0 Å². The molecule has 190 valence electrons. The normalized spacial score (nSPS) is 19.4. The second-order valence-electron chi connectivity index (χ2n) is 8.16. The van der Waals surface area contributed by atoms with Crippen molar-refractivity contribution in [3.05, 3.63) is 53.8 Å². The molecule has 1 aromatic carbocycles. The molecule has 2 atom stereocenters. The minimum absolute atomic E-state index is 0.101. The zero-order valence-corrected chi connectivity index (χ0v) is 20.1. The highest BCUT2D eigenvalue weighted by Crippen LogP contribution is 2.40. The van der Waals surface area contributed by atoms with E-state index in [9.17, 15) is 19.5 Å². The summed E-state index contributed by atoms with van der Waals surface area (Å²) in [6.45, 7) is 0.261. The van der Waals surface area contributed by atoms with E-state index in [4.69, 9.17) is 11.5 Å². The Bertz CT molecular complexity index is 1500. The molecule has 4 heterocycles. The number of rotatable bonds is 7. The molecule has 2 amide bonds. The Hall–Kier alpha value is -4.66. The van der Waals surface area contributed by atoms with Crippen molar-refractivity contribution in [3.63, 3.8) is 0 Å². The van der Waals surface area contributed by atoms with Crippen molar-refractivity contribution in [2.24, 2.45) is 5.16 Å². The average molecular weight is 526 g/mol. The Morgan fingerprint density at radius 2 is 2.19 bits per heavy atom.